The van der Waals surface area contributed by atoms with Gasteiger partial charge in [-0.3, -0.25) is 0 Å². The quantitative estimate of drug-likeness (QED) is 0.605. The van der Waals surface area contributed by atoms with E-state index in [1.54, 1.807) is 0 Å². The topological polar surface area (TPSA) is 3.24 Å². The SMILES string of the molecule is CC/C=C\C1=C(C)C=CCN1C. The number of rotatable bonds is 2. The Hall–Kier alpha value is -0.980. The van der Waals surface area contributed by atoms with Gasteiger partial charge in [-0.2, -0.15) is 0 Å². The van der Waals surface area contributed by atoms with Crippen LogP contribution in [0, 0.1) is 0 Å². The Morgan fingerprint density at radius 3 is 2.92 bits per heavy atom. The smallest absolute Gasteiger partial charge is 0.0392 e. The highest BCUT2D eigenvalue weighted by Crippen LogP contribution is 2.15. The molecule has 0 spiro atoms. The van der Waals surface area contributed by atoms with Crippen LogP contribution < -0.4 is 0 Å². The van der Waals surface area contributed by atoms with Crippen LogP contribution in [0.5, 0.6) is 0 Å². The van der Waals surface area contributed by atoms with Crippen molar-refractivity contribution in [1.29, 1.82) is 0 Å². The van der Waals surface area contributed by atoms with Crippen molar-refractivity contribution in [3.05, 3.63) is 35.6 Å². The molecule has 0 aromatic heterocycles. The predicted octanol–water partition coefficient (Wildman–Crippen LogP) is 2.73. The predicted molar refractivity (Wildman–Crippen MR) is 53.9 cm³/mol. The molecule has 0 aromatic rings. The Labute approximate surface area is 75.1 Å². The highest BCUT2D eigenvalue weighted by molar-refractivity contribution is 5.33. The van der Waals surface area contributed by atoms with Crippen molar-refractivity contribution in [2.45, 2.75) is 20.3 Å². The molecule has 0 fully saturated rings. The summed E-state index contributed by atoms with van der Waals surface area (Å²) < 4.78 is 0. The molecule has 0 aliphatic carbocycles. The van der Waals surface area contributed by atoms with E-state index in [1.165, 1.54) is 11.3 Å². The van der Waals surface area contributed by atoms with Gasteiger partial charge < -0.3 is 4.90 Å². The monoisotopic (exact) mass is 163 g/mol. The van der Waals surface area contributed by atoms with E-state index in [0.717, 1.165) is 13.0 Å². The maximum atomic E-state index is 2.27. The zero-order chi connectivity index (χ0) is 8.97. The summed E-state index contributed by atoms with van der Waals surface area (Å²) in [6, 6.07) is 0. The van der Waals surface area contributed by atoms with Crippen LogP contribution in [0.1, 0.15) is 20.3 Å². The van der Waals surface area contributed by atoms with Gasteiger partial charge in [-0.05, 0) is 25.0 Å². The summed E-state index contributed by atoms with van der Waals surface area (Å²) in [6.45, 7) is 5.34. The summed E-state index contributed by atoms with van der Waals surface area (Å²) in [7, 11) is 2.13. The maximum Gasteiger partial charge on any atom is 0.0392 e. The van der Waals surface area contributed by atoms with Crippen LogP contribution in [0.25, 0.3) is 0 Å². The van der Waals surface area contributed by atoms with Gasteiger partial charge >= 0.3 is 0 Å². The molecule has 12 heavy (non-hydrogen) atoms. The lowest BCUT2D eigenvalue weighted by Crippen LogP contribution is -2.20. The molecular formula is C11H17N. The van der Waals surface area contributed by atoms with Gasteiger partial charge in [0.1, 0.15) is 0 Å². The lowest BCUT2D eigenvalue weighted by Gasteiger charge is -2.23. The van der Waals surface area contributed by atoms with E-state index in [9.17, 15) is 0 Å². The van der Waals surface area contributed by atoms with Gasteiger partial charge in [0.2, 0.25) is 0 Å². The Bertz CT molecular complexity index is 233. The van der Waals surface area contributed by atoms with Crippen LogP contribution in [-0.2, 0) is 0 Å². The van der Waals surface area contributed by atoms with Gasteiger partial charge in [0.15, 0.2) is 0 Å². The first-order chi connectivity index (χ1) is 5.75. The molecule has 0 aromatic carbocycles. The van der Waals surface area contributed by atoms with Crippen LogP contribution >= 0.6 is 0 Å². The lowest BCUT2D eigenvalue weighted by molar-refractivity contribution is 0.469. The Kier molecular flexibility index (Phi) is 3.15. The van der Waals surface area contributed by atoms with Crippen LogP contribution in [-0.4, -0.2) is 18.5 Å². The third kappa shape index (κ3) is 2.00. The Morgan fingerprint density at radius 2 is 2.33 bits per heavy atom. The third-order valence-electron chi connectivity index (χ3n) is 2.07. The van der Waals surface area contributed by atoms with E-state index in [4.69, 9.17) is 0 Å². The number of nitrogens with zero attached hydrogens (tertiary/aromatic N) is 1. The second-order valence-corrected chi connectivity index (χ2v) is 3.16. The summed E-state index contributed by atoms with van der Waals surface area (Å²) in [5.74, 6) is 0. The van der Waals surface area contributed by atoms with Crippen LogP contribution in [0.4, 0.5) is 0 Å². The summed E-state index contributed by atoms with van der Waals surface area (Å²) in [5, 5.41) is 0. The molecule has 0 bridgehead atoms. The van der Waals surface area contributed by atoms with Crippen molar-refractivity contribution in [1.82, 2.24) is 4.90 Å². The maximum absolute atomic E-state index is 2.27. The van der Waals surface area contributed by atoms with E-state index in [-0.39, 0.29) is 0 Å². The molecule has 0 radical (unpaired) electrons. The highest BCUT2D eigenvalue weighted by Gasteiger charge is 2.05. The fourth-order valence-electron chi connectivity index (χ4n) is 1.36. The van der Waals surface area contributed by atoms with Crippen molar-refractivity contribution in [3.63, 3.8) is 0 Å². The van der Waals surface area contributed by atoms with Gasteiger partial charge in [-0.25, -0.2) is 0 Å². The lowest BCUT2D eigenvalue weighted by atomic mass is 10.1. The number of likely N-dealkylation sites (N-methyl/N-ethyl adjacent to an activating group) is 1. The number of allylic oxidation sites excluding steroid dienone is 4. The fraction of sp³-hybridized carbons (Fsp3) is 0.455. The molecule has 1 aliphatic heterocycles. The van der Waals surface area contributed by atoms with Crippen molar-refractivity contribution in [2.24, 2.45) is 0 Å². The first-order valence-electron chi connectivity index (χ1n) is 4.50. The van der Waals surface area contributed by atoms with Crippen molar-refractivity contribution in [2.75, 3.05) is 13.6 Å². The minimum absolute atomic E-state index is 1.03. The van der Waals surface area contributed by atoms with Gasteiger partial charge in [-0.15, -0.1) is 0 Å². The fourth-order valence-corrected chi connectivity index (χ4v) is 1.36. The van der Waals surface area contributed by atoms with Gasteiger partial charge in [0, 0.05) is 19.3 Å². The molecule has 1 aliphatic rings. The minimum atomic E-state index is 1.03. The van der Waals surface area contributed by atoms with E-state index < -0.39 is 0 Å². The number of hydrogen-bond donors (Lipinski definition) is 0. The summed E-state index contributed by atoms with van der Waals surface area (Å²) in [4.78, 5) is 2.27. The number of hydrogen-bond acceptors (Lipinski definition) is 1. The average Bonchev–Trinajstić information content (AvgIpc) is 2.04. The van der Waals surface area contributed by atoms with Crippen molar-refractivity contribution >= 4 is 0 Å². The van der Waals surface area contributed by atoms with Crippen LogP contribution in [0.3, 0.4) is 0 Å². The molecule has 0 atom stereocenters. The van der Waals surface area contributed by atoms with E-state index in [2.05, 4.69) is 50.1 Å². The van der Waals surface area contributed by atoms with Crippen LogP contribution in [0.15, 0.2) is 35.6 Å². The second-order valence-electron chi connectivity index (χ2n) is 3.16. The van der Waals surface area contributed by atoms with Crippen LogP contribution in [0.2, 0.25) is 0 Å². The largest absolute Gasteiger partial charge is 0.371 e. The summed E-state index contributed by atoms with van der Waals surface area (Å²) in [6.07, 6.45) is 9.90. The molecule has 1 heteroatoms. The zero-order valence-corrected chi connectivity index (χ0v) is 8.17. The minimum Gasteiger partial charge on any atom is -0.371 e. The van der Waals surface area contributed by atoms with Gasteiger partial charge in [-0.1, -0.05) is 25.2 Å². The first kappa shape index (κ1) is 9.11. The van der Waals surface area contributed by atoms with E-state index >= 15 is 0 Å². The Balaban J connectivity index is 2.81. The molecule has 0 N–H and O–H groups in total. The molecule has 0 saturated carbocycles. The van der Waals surface area contributed by atoms with Crippen molar-refractivity contribution in [3.8, 4) is 0 Å². The highest BCUT2D eigenvalue weighted by atomic mass is 15.1. The zero-order valence-electron chi connectivity index (χ0n) is 8.17. The van der Waals surface area contributed by atoms with E-state index in [0.29, 0.717) is 0 Å². The van der Waals surface area contributed by atoms with E-state index in [1.807, 2.05) is 0 Å². The van der Waals surface area contributed by atoms with Gasteiger partial charge in [0.05, 0.1) is 0 Å². The first-order valence-corrected chi connectivity index (χ1v) is 4.50. The molecule has 0 saturated heterocycles. The molecular weight excluding hydrogens is 146 g/mol. The summed E-state index contributed by atoms with van der Waals surface area (Å²) >= 11 is 0. The standard InChI is InChI=1S/C11H17N/c1-4-5-8-11-10(2)7-6-9-12(11)3/h5-8H,4,9H2,1-3H3/b8-5-. The molecule has 0 unspecified atom stereocenters. The molecule has 1 rings (SSSR count). The molecule has 0 amide bonds. The Morgan fingerprint density at radius 1 is 1.58 bits per heavy atom. The average molecular weight is 163 g/mol. The third-order valence-corrected chi connectivity index (χ3v) is 2.07. The van der Waals surface area contributed by atoms with Gasteiger partial charge in [0.25, 0.3) is 0 Å². The molecule has 66 valence electrons. The molecule has 1 nitrogen and oxygen atoms in total. The molecule has 1 heterocycles. The van der Waals surface area contributed by atoms with Crippen molar-refractivity contribution < 1.29 is 0 Å². The normalized spacial score (nSPS) is 18.1. The summed E-state index contributed by atoms with van der Waals surface area (Å²) in [5.41, 5.74) is 2.70. The second kappa shape index (κ2) is 4.15.